The lowest BCUT2D eigenvalue weighted by Gasteiger charge is -2.19. The van der Waals surface area contributed by atoms with Crippen LogP contribution in [0.25, 0.3) is 11.0 Å². The van der Waals surface area contributed by atoms with E-state index in [1.165, 1.54) is 7.11 Å². The number of hydrogen-bond donors (Lipinski definition) is 0. The highest BCUT2D eigenvalue weighted by atomic mass is 79.9. The fraction of sp³-hybridized carbons (Fsp3) is 0.471. The quantitative estimate of drug-likeness (QED) is 0.580. The van der Waals surface area contributed by atoms with Gasteiger partial charge < -0.3 is 23.5 Å². The van der Waals surface area contributed by atoms with E-state index in [2.05, 4.69) is 34.7 Å². The van der Waals surface area contributed by atoms with E-state index in [9.17, 15) is 4.79 Å². The number of esters is 1. The molecule has 0 aliphatic rings. The maximum atomic E-state index is 11.7. The Kier molecular flexibility index (Phi) is 8.55. The highest BCUT2D eigenvalue weighted by molar-refractivity contribution is 9.10. The van der Waals surface area contributed by atoms with Crippen LogP contribution in [0.5, 0.6) is 11.5 Å². The zero-order chi connectivity index (χ0) is 17.7. The van der Waals surface area contributed by atoms with Crippen molar-refractivity contribution in [3.8, 4) is 11.5 Å². The summed E-state index contributed by atoms with van der Waals surface area (Å²) >= 11 is 3.47. The lowest BCUT2D eigenvalue weighted by atomic mass is 10.2. The van der Waals surface area contributed by atoms with E-state index < -0.39 is 5.97 Å². The molecule has 6 nitrogen and oxygen atoms in total. The van der Waals surface area contributed by atoms with Crippen molar-refractivity contribution >= 4 is 45.3 Å². The summed E-state index contributed by atoms with van der Waals surface area (Å²) in [6.07, 6.45) is 0. The average Bonchev–Trinajstić information content (AvgIpc) is 3.01. The summed E-state index contributed by atoms with van der Waals surface area (Å²) < 4.78 is 22.5. The first-order valence-corrected chi connectivity index (χ1v) is 8.58. The second-order valence-corrected chi connectivity index (χ2v) is 5.97. The number of fused-ring (bicyclic) bond motifs is 1. The number of ether oxygens (including phenoxy) is 3. The van der Waals surface area contributed by atoms with Gasteiger partial charge in [0.25, 0.3) is 0 Å². The van der Waals surface area contributed by atoms with Crippen molar-refractivity contribution in [2.24, 2.45) is 0 Å². The predicted octanol–water partition coefficient (Wildman–Crippen LogP) is 4.13. The number of carbonyl (C=O) groups is 1. The summed E-state index contributed by atoms with van der Waals surface area (Å²) in [5.41, 5.74) is 0.468. The summed E-state index contributed by atoms with van der Waals surface area (Å²) in [4.78, 5) is 14.0. The Labute approximate surface area is 161 Å². The molecular formula is C17H23BrClNO5. The molecule has 25 heavy (non-hydrogen) atoms. The van der Waals surface area contributed by atoms with Gasteiger partial charge in [0.15, 0.2) is 11.3 Å². The summed E-state index contributed by atoms with van der Waals surface area (Å²) in [6.45, 7) is 7.40. The molecule has 0 aliphatic heterocycles. The number of nitrogens with zero attached hydrogens (tertiary/aromatic N) is 1. The molecule has 2 aromatic rings. The van der Waals surface area contributed by atoms with Gasteiger partial charge in [-0.05, 0) is 41.2 Å². The number of hydrogen-bond acceptors (Lipinski definition) is 6. The third-order valence-electron chi connectivity index (χ3n) is 3.81. The van der Waals surface area contributed by atoms with Crippen LogP contribution in [-0.2, 0) is 4.74 Å². The predicted molar refractivity (Wildman–Crippen MR) is 102 cm³/mol. The summed E-state index contributed by atoms with van der Waals surface area (Å²) in [5.74, 6) is 0.605. The molecule has 1 aromatic carbocycles. The first-order valence-electron chi connectivity index (χ1n) is 7.79. The highest BCUT2D eigenvalue weighted by Gasteiger charge is 2.21. The molecule has 140 valence electrons. The van der Waals surface area contributed by atoms with Crippen molar-refractivity contribution in [2.75, 3.05) is 40.5 Å². The maximum Gasteiger partial charge on any atom is 0.373 e. The first-order chi connectivity index (χ1) is 11.5. The minimum atomic E-state index is -0.532. The zero-order valence-corrected chi connectivity index (χ0v) is 17.2. The largest absolute Gasteiger partial charge is 0.492 e. The van der Waals surface area contributed by atoms with Crippen LogP contribution in [0.15, 0.2) is 21.0 Å². The van der Waals surface area contributed by atoms with Gasteiger partial charge in [0.1, 0.15) is 6.61 Å². The second kappa shape index (κ2) is 9.89. The van der Waals surface area contributed by atoms with Crippen LogP contribution < -0.4 is 9.47 Å². The molecule has 0 atom stereocenters. The number of methoxy groups -OCH3 is 2. The van der Waals surface area contributed by atoms with Crippen molar-refractivity contribution in [1.29, 1.82) is 0 Å². The molecule has 0 radical (unpaired) electrons. The van der Waals surface area contributed by atoms with Gasteiger partial charge in [-0.25, -0.2) is 4.79 Å². The van der Waals surface area contributed by atoms with Crippen LogP contribution in [0.2, 0.25) is 0 Å². The Hall–Kier alpha value is -1.44. The smallest absolute Gasteiger partial charge is 0.373 e. The number of furan rings is 1. The minimum Gasteiger partial charge on any atom is -0.492 e. The van der Waals surface area contributed by atoms with Gasteiger partial charge in [0.05, 0.1) is 18.7 Å². The zero-order valence-electron chi connectivity index (χ0n) is 14.8. The Balaban J connectivity index is 0.00000312. The summed E-state index contributed by atoms with van der Waals surface area (Å²) in [5, 5.41) is 0.737. The van der Waals surface area contributed by atoms with E-state index in [4.69, 9.17) is 18.6 Å². The third kappa shape index (κ3) is 4.80. The molecule has 0 amide bonds. The molecule has 0 unspecified atom stereocenters. The van der Waals surface area contributed by atoms with Gasteiger partial charge in [0.2, 0.25) is 11.5 Å². The van der Waals surface area contributed by atoms with Crippen LogP contribution in [0.1, 0.15) is 24.4 Å². The Morgan fingerprint density at radius 1 is 1.20 bits per heavy atom. The van der Waals surface area contributed by atoms with Gasteiger partial charge >= 0.3 is 5.97 Å². The molecule has 1 heterocycles. The van der Waals surface area contributed by atoms with Gasteiger partial charge in [-0.15, -0.1) is 12.4 Å². The topological polar surface area (TPSA) is 61.1 Å². The average molecular weight is 437 g/mol. The molecule has 0 spiro atoms. The van der Waals surface area contributed by atoms with E-state index in [0.717, 1.165) is 29.5 Å². The standard InChI is InChI=1S/C17H22BrNO5.ClH/c1-5-19(6-2)7-8-23-16-14-11(9-12(18)15(16)21-3)10-13(24-14)17(20)22-4;/h9-10H,5-8H2,1-4H3;1H. The monoisotopic (exact) mass is 435 g/mol. The maximum absolute atomic E-state index is 11.7. The molecule has 2 rings (SSSR count). The normalized spacial score (nSPS) is 10.6. The summed E-state index contributed by atoms with van der Waals surface area (Å²) in [7, 11) is 2.88. The minimum absolute atomic E-state index is 0. The van der Waals surface area contributed by atoms with Crippen LogP contribution in [0, 0.1) is 0 Å². The second-order valence-electron chi connectivity index (χ2n) is 5.12. The lowest BCUT2D eigenvalue weighted by molar-refractivity contribution is 0.0567. The molecule has 0 N–H and O–H groups in total. The third-order valence-corrected chi connectivity index (χ3v) is 4.40. The number of likely N-dealkylation sites (N-methyl/N-ethyl adjacent to an activating group) is 1. The molecule has 0 bridgehead atoms. The Morgan fingerprint density at radius 2 is 1.88 bits per heavy atom. The van der Waals surface area contributed by atoms with Crippen LogP contribution >= 0.6 is 28.3 Å². The molecule has 0 fully saturated rings. The number of halogens is 2. The van der Waals surface area contributed by atoms with Gasteiger partial charge in [-0.2, -0.15) is 0 Å². The van der Waals surface area contributed by atoms with Crippen molar-refractivity contribution in [2.45, 2.75) is 13.8 Å². The fourth-order valence-electron chi connectivity index (χ4n) is 2.44. The fourth-order valence-corrected chi connectivity index (χ4v) is 3.03. The highest BCUT2D eigenvalue weighted by Crippen LogP contribution is 2.43. The number of benzene rings is 1. The van der Waals surface area contributed by atoms with Gasteiger partial charge in [-0.1, -0.05) is 13.8 Å². The molecule has 0 saturated carbocycles. The van der Waals surface area contributed by atoms with E-state index in [1.807, 2.05) is 6.07 Å². The molecule has 1 aromatic heterocycles. The van der Waals surface area contributed by atoms with Crippen molar-refractivity contribution < 1.29 is 23.4 Å². The van der Waals surface area contributed by atoms with E-state index >= 15 is 0 Å². The van der Waals surface area contributed by atoms with Crippen LogP contribution in [0.3, 0.4) is 0 Å². The van der Waals surface area contributed by atoms with E-state index in [0.29, 0.717) is 23.7 Å². The SMILES string of the molecule is CCN(CC)CCOc1c(OC)c(Br)cc2cc(C(=O)OC)oc12.Cl. The Morgan fingerprint density at radius 3 is 2.44 bits per heavy atom. The number of rotatable bonds is 8. The van der Waals surface area contributed by atoms with Crippen LogP contribution in [-0.4, -0.2) is 51.3 Å². The lowest BCUT2D eigenvalue weighted by Crippen LogP contribution is -2.28. The van der Waals surface area contributed by atoms with Gasteiger partial charge in [0, 0.05) is 11.9 Å². The van der Waals surface area contributed by atoms with E-state index in [-0.39, 0.29) is 18.2 Å². The first kappa shape index (κ1) is 21.6. The van der Waals surface area contributed by atoms with Gasteiger partial charge in [-0.3, -0.25) is 0 Å². The summed E-state index contributed by atoms with van der Waals surface area (Å²) in [6, 6.07) is 3.45. The van der Waals surface area contributed by atoms with Crippen LogP contribution in [0.4, 0.5) is 0 Å². The molecule has 8 heteroatoms. The molecular weight excluding hydrogens is 414 g/mol. The molecule has 0 saturated heterocycles. The van der Waals surface area contributed by atoms with Crippen molar-refractivity contribution in [3.63, 3.8) is 0 Å². The van der Waals surface area contributed by atoms with Crippen molar-refractivity contribution in [3.05, 3.63) is 22.4 Å². The van der Waals surface area contributed by atoms with E-state index in [1.54, 1.807) is 13.2 Å². The van der Waals surface area contributed by atoms with Crippen molar-refractivity contribution in [1.82, 2.24) is 4.90 Å². The molecule has 0 aliphatic carbocycles. The number of carbonyl (C=O) groups excluding carboxylic acids is 1. The Bertz CT molecular complexity index is 715.